The van der Waals surface area contributed by atoms with Crippen LogP contribution in [0.25, 0.3) is 0 Å². The first-order chi connectivity index (χ1) is 9.70. The van der Waals surface area contributed by atoms with E-state index in [2.05, 4.69) is 0 Å². The SMILES string of the molecule is CCN(CCC#N)S(=O)(=O)c1ccc(SC(F)(F)F)cc1. The van der Waals surface area contributed by atoms with Gasteiger partial charge in [-0.25, -0.2) is 8.42 Å². The molecule has 0 aliphatic carbocycles. The number of alkyl halides is 3. The standard InChI is InChI=1S/C12H13F3N2O2S2/c1-2-17(9-3-8-16)21(18,19)11-6-4-10(5-7-11)20-12(13,14)15/h4-7H,2-3,9H2,1H3. The molecule has 0 bridgehead atoms. The molecule has 0 fully saturated rings. The largest absolute Gasteiger partial charge is 0.446 e. The number of rotatable bonds is 6. The van der Waals surface area contributed by atoms with Gasteiger partial charge in [-0.3, -0.25) is 0 Å². The van der Waals surface area contributed by atoms with Crippen LogP contribution in [0.15, 0.2) is 34.1 Å². The maximum atomic E-state index is 12.3. The minimum atomic E-state index is -4.41. The third-order valence-corrected chi connectivity index (χ3v) is 5.25. The molecule has 0 aliphatic heterocycles. The Morgan fingerprint density at radius 2 is 1.86 bits per heavy atom. The molecule has 0 unspecified atom stereocenters. The van der Waals surface area contributed by atoms with Crippen molar-refractivity contribution in [2.45, 2.75) is 28.6 Å². The third-order valence-electron chi connectivity index (χ3n) is 2.52. The lowest BCUT2D eigenvalue weighted by Crippen LogP contribution is -2.31. The topological polar surface area (TPSA) is 61.2 Å². The lowest BCUT2D eigenvalue weighted by atomic mass is 10.4. The number of sulfonamides is 1. The molecular weight excluding hydrogens is 325 g/mol. The van der Waals surface area contributed by atoms with Crippen LogP contribution in [0.4, 0.5) is 13.2 Å². The molecule has 1 rings (SSSR count). The molecule has 0 aromatic heterocycles. The zero-order valence-electron chi connectivity index (χ0n) is 11.1. The molecule has 0 N–H and O–H groups in total. The highest BCUT2D eigenvalue weighted by Gasteiger charge is 2.29. The van der Waals surface area contributed by atoms with E-state index in [-0.39, 0.29) is 41.1 Å². The average molecular weight is 338 g/mol. The van der Waals surface area contributed by atoms with Gasteiger partial charge in [-0.1, -0.05) is 6.92 Å². The van der Waals surface area contributed by atoms with E-state index in [0.717, 1.165) is 28.6 Å². The number of hydrogen-bond acceptors (Lipinski definition) is 4. The Balaban J connectivity index is 2.96. The van der Waals surface area contributed by atoms with Crippen molar-refractivity contribution in [3.8, 4) is 6.07 Å². The van der Waals surface area contributed by atoms with Crippen LogP contribution in [-0.2, 0) is 10.0 Å². The van der Waals surface area contributed by atoms with E-state index in [1.165, 1.54) is 0 Å². The fourth-order valence-corrected chi connectivity index (χ4v) is 3.57. The summed E-state index contributed by atoms with van der Waals surface area (Å²) in [5.74, 6) is 0. The Bertz CT molecular complexity index is 607. The summed E-state index contributed by atoms with van der Waals surface area (Å²) >= 11 is -0.303. The van der Waals surface area contributed by atoms with Crippen molar-refractivity contribution < 1.29 is 21.6 Å². The monoisotopic (exact) mass is 338 g/mol. The van der Waals surface area contributed by atoms with Crippen LogP contribution in [0.1, 0.15) is 13.3 Å². The number of benzene rings is 1. The quantitative estimate of drug-likeness (QED) is 0.747. The van der Waals surface area contributed by atoms with Crippen LogP contribution in [0.3, 0.4) is 0 Å². The zero-order valence-corrected chi connectivity index (χ0v) is 12.7. The number of nitriles is 1. The molecule has 0 saturated carbocycles. The summed E-state index contributed by atoms with van der Waals surface area (Å²) in [6, 6.07) is 6.36. The molecule has 0 heterocycles. The summed E-state index contributed by atoms with van der Waals surface area (Å²) in [4.78, 5) is -0.171. The first-order valence-corrected chi connectivity index (χ1v) is 8.19. The van der Waals surface area contributed by atoms with E-state index in [4.69, 9.17) is 5.26 Å². The first-order valence-electron chi connectivity index (χ1n) is 5.93. The van der Waals surface area contributed by atoms with Crippen LogP contribution >= 0.6 is 11.8 Å². The molecule has 0 amide bonds. The predicted octanol–water partition coefficient (Wildman–Crippen LogP) is 3.22. The smallest absolute Gasteiger partial charge is 0.207 e. The van der Waals surface area contributed by atoms with Crippen LogP contribution in [0, 0.1) is 11.3 Å². The van der Waals surface area contributed by atoms with Gasteiger partial charge in [0.1, 0.15) is 0 Å². The fourth-order valence-electron chi connectivity index (χ4n) is 1.59. The van der Waals surface area contributed by atoms with Gasteiger partial charge in [0, 0.05) is 24.4 Å². The van der Waals surface area contributed by atoms with E-state index >= 15 is 0 Å². The van der Waals surface area contributed by atoms with Crippen LogP contribution < -0.4 is 0 Å². The second-order valence-corrected chi connectivity index (χ2v) is 7.00. The molecule has 0 saturated heterocycles. The van der Waals surface area contributed by atoms with Gasteiger partial charge in [0.2, 0.25) is 10.0 Å². The minimum Gasteiger partial charge on any atom is -0.207 e. The molecule has 0 radical (unpaired) electrons. The van der Waals surface area contributed by atoms with Gasteiger partial charge in [-0.2, -0.15) is 22.7 Å². The normalized spacial score (nSPS) is 12.4. The molecule has 9 heteroatoms. The third kappa shape index (κ3) is 5.22. The van der Waals surface area contributed by atoms with E-state index in [9.17, 15) is 21.6 Å². The van der Waals surface area contributed by atoms with Gasteiger partial charge in [0.15, 0.2) is 0 Å². The van der Waals surface area contributed by atoms with Gasteiger partial charge in [-0.15, -0.1) is 0 Å². The van der Waals surface area contributed by atoms with Gasteiger partial charge in [0.05, 0.1) is 11.0 Å². The average Bonchev–Trinajstić information content (AvgIpc) is 2.38. The summed E-state index contributed by atoms with van der Waals surface area (Å²) < 4.78 is 62.2. The van der Waals surface area contributed by atoms with Crippen LogP contribution in [0.5, 0.6) is 0 Å². The molecule has 0 spiro atoms. The molecule has 1 aromatic carbocycles. The molecule has 4 nitrogen and oxygen atoms in total. The Labute approximate surface area is 125 Å². The van der Waals surface area contributed by atoms with E-state index in [1.807, 2.05) is 6.07 Å². The van der Waals surface area contributed by atoms with E-state index in [1.54, 1.807) is 6.92 Å². The summed E-state index contributed by atoms with van der Waals surface area (Å²) in [6.07, 6.45) is 0.0507. The second-order valence-electron chi connectivity index (χ2n) is 3.92. The first kappa shape index (κ1) is 17.8. The minimum absolute atomic E-state index is 0.0500. The van der Waals surface area contributed by atoms with Crippen molar-refractivity contribution in [1.29, 1.82) is 5.26 Å². The lowest BCUT2D eigenvalue weighted by Gasteiger charge is -2.19. The van der Waals surface area contributed by atoms with Crippen molar-refractivity contribution in [2.75, 3.05) is 13.1 Å². The predicted molar refractivity (Wildman–Crippen MR) is 73.0 cm³/mol. The van der Waals surface area contributed by atoms with E-state index < -0.39 is 15.5 Å². The summed E-state index contributed by atoms with van der Waals surface area (Å²) in [7, 11) is -3.79. The van der Waals surface area contributed by atoms with Crippen molar-refractivity contribution in [1.82, 2.24) is 4.31 Å². The van der Waals surface area contributed by atoms with Crippen molar-refractivity contribution in [2.24, 2.45) is 0 Å². The number of nitrogens with zero attached hydrogens (tertiary/aromatic N) is 2. The van der Waals surface area contributed by atoms with Gasteiger partial charge >= 0.3 is 5.51 Å². The Kier molecular flexibility index (Phi) is 6.07. The Hall–Kier alpha value is -1.24. The zero-order chi connectivity index (χ0) is 16.1. The molecule has 0 atom stereocenters. The maximum absolute atomic E-state index is 12.3. The highest BCUT2D eigenvalue weighted by atomic mass is 32.2. The second kappa shape index (κ2) is 7.15. The number of thioether (sulfide) groups is 1. The molecule has 21 heavy (non-hydrogen) atoms. The lowest BCUT2D eigenvalue weighted by molar-refractivity contribution is -0.0328. The maximum Gasteiger partial charge on any atom is 0.446 e. The van der Waals surface area contributed by atoms with Gasteiger partial charge < -0.3 is 0 Å². The highest BCUT2D eigenvalue weighted by Crippen LogP contribution is 2.37. The van der Waals surface area contributed by atoms with Crippen LogP contribution in [-0.4, -0.2) is 31.3 Å². The summed E-state index contributed by atoms with van der Waals surface area (Å²) in [5.41, 5.74) is -4.41. The molecule has 116 valence electrons. The van der Waals surface area contributed by atoms with Gasteiger partial charge in [-0.05, 0) is 36.0 Å². The molecule has 1 aromatic rings. The summed E-state index contributed by atoms with van der Waals surface area (Å²) in [5, 5.41) is 8.51. The van der Waals surface area contributed by atoms with Gasteiger partial charge in [0.25, 0.3) is 0 Å². The van der Waals surface area contributed by atoms with Crippen molar-refractivity contribution in [3.63, 3.8) is 0 Å². The highest BCUT2D eigenvalue weighted by molar-refractivity contribution is 8.00. The van der Waals surface area contributed by atoms with Crippen molar-refractivity contribution in [3.05, 3.63) is 24.3 Å². The van der Waals surface area contributed by atoms with E-state index in [0.29, 0.717) is 0 Å². The van der Waals surface area contributed by atoms with Crippen LogP contribution in [0.2, 0.25) is 0 Å². The number of halogens is 3. The number of hydrogen-bond donors (Lipinski definition) is 0. The Morgan fingerprint density at radius 1 is 1.29 bits per heavy atom. The fraction of sp³-hybridized carbons (Fsp3) is 0.417. The van der Waals surface area contributed by atoms with Crippen molar-refractivity contribution >= 4 is 21.8 Å². The summed E-state index contributed by atoms with van der Waals surface area (Å²) in [6.45, 7) is 1.86. The molecular formula is C12H13F3N2O2S2. The Morgan fingerprint density at radius 3 is 2.29 bits per heavy atom. The molecule has 0 aliphatic rings.